The van der Waals surface area contributed by atoms with Crippen LogP contribution in [0.1, 0.15) is 39.0 Å². The van der Waals surface area contributed by atoms with Gasteiger partial charge in [-0.1, -0.05) is 13.3 Å². The lowest BCUT2D eigenvalue weighted by Crippen LogP contribution is -2.20. The van der Waals surface area contributed by atoms with Gasteiger partial charge in [-0.3, -0.25) is 0 Å². The topological polar surface area (TPSA) is 12.0 Å². The monoisotopic (exact) mass is 139 g/mol. The summed E-state index contributed by atoms with van der Waals surface area (Å²) in [7, 11) is 0. The zero-order valence-electron chi connectivity index (χ0n) is 6.77. The first-order valence-corrected chi connectivity index (χ1v) is 4.66. The van der Waals surface area contributed by atoms with Crippen LogP contribution in [0, 0.1) is 5.92 Å². The Labute approximate surface area is 63.2 Å². The van der Waals surface area contributed by atoms with Gasteiger partial charge in [0.1, 0.15) is 0 Å². The number of nitrogens with one attached hydrogen (secondary N) is 1. The summed E-state index contributed by atoms with van der Waals surface area (Å²) in [5.74, 6) is 1.05. The number of rotatable bonds is 4. The predicted molar refractivity (Wildman–Crippen MR) is 43.0 cm³/mol. The number of hydrogen-bond acceptors (Lipinski definition) is 1. The van der Waals surface area contributed by atoms with Crippen LogP contribution in [-0.4, -0.2) is 12.1 Å². The van der Waals surface area contributed by atoms with Crippen molar-refractivity contribution in [2.75, 3.05) is 0 Å². The predicted octanol–water partition coefficient (Wildman–Crippen LogP) is 1.93. The second-order valence-electron chi connectivity index (χ2n) is 3.83. The van der Waals surface area contributed by atoms with E-state index in [0.29, 0.717) is 0 Å². The van der Waals surface area contributed by atoms with Crippen LogP contribution in [0.15, 0.2) is 0 Å². The molecule has 0 saturated heterocycles. The SMILES string of the molecule is CCCC1CC1NC1CC1. The first-order valence-electron chi connectivity index (χ1n) is 4.66. The van der Waals surface area contributed by atoms with E-state index in [9.17, 15) is 0 Å². The van der Waals surface area contributed by atoms with Crippen molar-refractivity contribution in [2.45, 2.75) is 51.1 Å². The molecule has 1 N–H and O–H groups in total. The van der Waals surface area contributed by atoms with Crippen LogP contribution in [0.2, 0.25) is 0 Å². The molecule has 2 atom stereocenters. The molecular formula is C9H17N. The summed E-state index contributed by atoms with van der Waals surface area (Å²) >= 11 is 0. The summed E-state index contributed by atoms with van der Waals surface area (Å²) < 4.78 is 0. The van der Waals surface area contributed by atoms with Crippen molar-refractivity contribution in [2.24, 2.45) is 5.92 Å². The Morgan fingerprint density at radius 2 is 2.20 bits per heavy atom. The molecule has 1 nitrogen and oxygen atoms in total. The highest BCUT2D eigenvalue weighted by atomic mass is 15.0. The van der Waals surface area contributed by atoms with E-state index in [1.54, 1.807) is 0 Å². The van der Waals surface area contributed by atoms with Gasteiger partial charge in [0.05, 0.1) is 0 Å². The molecule has 0 heterocycles. The molecule has 2 aliphatic carbocycles. The van der Waals surface area contributed by atoms with E-state index < -0.39 is 0 Å². The van der Waals surface area contributed by atoms with E-state index in [2.05, 4.69) is 12.2 Å². The van der Waals surface area contributed by atoms with Crippen LogP contribution < -0.4 is 5.32 Å². The minimum absolute atomic E-state index is 0.923. The first kappa shape index (κ1) is 6.66. The van der Waals surface area contributed by atoms with Gasteiger partial charge in [0, 0.05) is 12.1 Å². The molecule has 2 rings (SSSR count). The molecule has 0 amide bonds. The third kappa shape index (κ3) is 1.51. The average molecular weight is 139 g/mol. The summed E-state index contributed by atoms with van der Waals surface area (Å²) in [5, 5.41) is 3.66. The van der Waals surface area contributed by atoms with Gasteiger partial charge in [-0.25, -0.2) is 0 Å². The van der Waals surface area contributed by atoms with Crippen molar-refractivity contribution < 1.29 is 0 Å². The third-order valence-corrected chi connectivity index (χ3v) is 2.61. The Morgan fingerprint density at radius 1 is 1.40 bits per heavy atom. The summed E-state index contributed by atoms with van der Waals surface area (Å²) in [6.45, 7) is 2.28. The Morgan fingerprint density at radius 3 is 2.80 bits per heavy atom. The molecule has 0 aromatic rings. The van der Waals surface area contributed by atoms with Crippen molar-refractivity contribution in [1.29, 1.82) is 0 Å². The normalized spacial score (nSPS) is 38.1. The van der Waals surface area contributed by atoms with Crippen LogP contribution in [0.5, 0.6) is 0 Å². The van der Waals surface area contributed by atoms with E-state index >= 15 is 0 Å². The van der Waals surface area contributed by atoms with Crippen LogP contribution in [-0.2, 0) is 0 Å². The highest BCUT2D eigenvalue weighted by Crippen LogP contribution is 2.37. The maximum Gasteiger partial charge on any atom is 0.0102 e. The van der Waals surface area contributed by atoms with Crippen LogP contribution in [0.25, 0.3) is 0 Å². The van der Waals surface area contributed by atoms with Crippen molar-refractivity contribution >= 4 is 0 Å². The van der Waals surface area contributed by atoms with Gasteiger partial charge in [0.15, 0.2) is 0 Å². The van der Waals surface area contributed by atoms with Gasteiger partial charge in [-0.2, -0.15) is 0 Å². The molecule has 0 aromatic carbocycles. The van der Waals surface area contributed by atoms with Gasteiger partial charge in [-0.15, -0.1) is 0 Å². The second kappa shape index (κ2) is 2.54. The maximum atomic E-state index is 3.66. The molecule has 2 saturated carbocycles. The Hall–Kier alpha value is -0.0400. The second-order valence-corrected chi connectivity index (χ2v) is 3.83. The van der Waals surface area contributed by atoms with Crippen LogP contribution in [0.3, 0.4) is 0 Å². The quantitative estimate of drug-likeness (QED) is 0.627. The van der Waals surface area contributed by atoms with E-state index in [0.717, 1.165) is 18.0 Å². The van der Waals surface area contributed by atoms with E-state index in [-0.39, 0.29) is 0 Å². The van der Waals surface area contributed by atoms with Gasteiger partial charge in [0.25, 0.3) is 0 Å². The van der Waals surface area contributed by atoms with Gasteiger partial charge in [-0.05, 0) is 31.6 Å². The fraction of sp³-hybridized carbons (Fsp3) is 1.00. The lowest BCUT2D eigenvalue weighted by Gasteiger charge is -1.98. The van der Waals surface area contributed by atoms with Gasteiger partial charge in [0.2, 0.25) is 0 Å². The molecule has 0 spiro atoms. The van der Waals surface area contributed by atoms with Gasteiger partial charge < -0.3 is 5.32 Å². The molecule has 2 fully saturated rings. The molecule has 1 heteroatoms. The van der Waals surface area contributed by atoms with Crippen molar-refractivity contribution in [3.63, 3.8) is 0 Å². The van der Waals surface area contributed by atoms with Crippen molar-refractivity contribution in [3.8, 4) is 0 Å². The molecule has 0 radical (unpaired) electrons. The highest BCUT2D eigenvalue weighted by Gasteiger charge is 2.39. The zero-order chi connectivity index (χ0) is 6.97. The molecule has 0 aromatic heterocycles. The number of hydrogen-bond donors (Lipinski definition) is 1. The zero-order valence-corrected chi connectivity index (χ0v) is 6.77. The van der Waals surface area contributed by atoms with E-state index in [4.69, 9.17) is 0 Å². The highest BCUT2D eigenvalue weighted by molar-refractivity contribution is 4.97. The van der Waals surface area contributed by atoms with Crippen LogP contribution in [0.4, 0.5) is 0 Å². The van der Waals surface area contributed by atoms with E-state index in [1.165, 1.54) is 32.1 Å². The Bertz CT molecular complexity index is 118. The molecule has 2 unspecified atom stereocenters. The summed E-state index contributed by atoms with van der Waals surface area (Å²) in [6.07, 6.45) is 7.16. The Balaban J connectivity index is 1.60. The largest absolute Gasteiger partial charge is 0.311 e. The summed E-state index contributed by atoms with van der Waals surface area (Å²) in [4.78, 5) is 0. The molecule has 58 valence electrons. The van der Waals surface area contributed by atoms with Crippen molar-refractivity contribution in [3.05, 3.63) is 0 Å². The Kier molecular flexibility index (Phi) is 1.69. The fourth-order valence-corrected chi connectivity index (χ4v) is 1.69. The minimum atomic E-state index is 0.923. The third-order valence-electron chi connectivity index (χ3n) is 2.61. The summed E-state index contributed by atoms with van der Waals surface area (Å²) in [6, 6.07) is 1.85. The molecule has 2 aliphatic rings. The first-order chi connectivity index (χ1) is 4.90. The smallest absolute Gasteiger partial charge is 0.0102 e. The summed E-state index contributed by atoms with van der Waals surface area (Å²) in [5.41, 5.74) is 0. The minimum Gasteiger partial charge on any atom is -0.311 e. The lowest BCUT2D eigenvalue weighted by atomic mass is 10.2. The van der Waals surface area contributed by atoms with Crippen LogP contribution >= 0.6 is 0 Å². The lowest BCUT2D eigenvalue weighted by molar-refractivity contribution is 0.597. The standard InChI is InChI=1S/C9H17N/c1-2-3-7-6-9(7)10-8-4-5-8/h7-10H,2-6H2,1H3. The maximum absolute atomic E-state index is 3.66. The molecule has 0 aliphatic heterocycles. The van der Waals surface area contributed by atoms with E-state index in [1.807, 2.05) is 0 Å². The molecule has 0 bridgehead atoms. The molecule has 10 heavy (non-hydrogen) atoms. The fourth-order valence-electron chi connectivity index (χ4n) is 1.69. The van der Waals surface area contributed by atoms with Gasteiger partial charge >= 0.3 is 0 Å². The van der Waals surface area contributed by atoms with Crippen molar-refractivity contribution in [1.82, 2.24) is 5.32 Å². The molecular weight excluding hydrogens is 122 g/mol. The average Bonchev–Trinajstić information content (AvgIpc) is 2.74.